The molecule has 0 fully saturated rings. The van der Waals surface area contributed by atoms with Gasteiger partial charge in [-0.3, -0.25) is 4.79 Å². The van der Waals surface area contributed by atoms with Crippen LogP contribution in [0.4, 0.5) is 0 Å². The average molecular weight is 397 g/mol. The maximum Gasteiger partial charge on any atom is 0.255 e. The third-order valence-corrected chi connectivity index (χ3v) is 5.97. The molecular weight excluding hydrogens is 378 g/mol. The molecule has 144 valence electrons. The molecule has 0 aliphatic heterocycles. The molecule has 3 rings (SSSR count). The van der Waals surface area contributed by atoms with Gasteiger partial charge in [-0.25, -0.2) is 13.8 Å². The van der Waals surface area contributed by atoms with Crippen LogP contribution in [-0.4, -0.2) is 43.5 Å². The molecule has 8 heteroatoms. The molecule has 7 nitrogen and oxygen atoms in total. The summed E-state index contributed by atoms with van der Waals surface area (Å²) >= 11 is 0. The van der Waals surface area contributed by atoms with Gasteiger partial charge in [-0.2, -0.15) is 9.41 Å². The normalized spacial score (nSPS) is 11.9. The van der Waals surface area contributed by atoms with Gasteiger partial charge in [0.15, 0.2) is 0 Å². The van der Waals surface area contributed by atoms with Crippen LogP contribution in [0.1, 0.15) is 5.56 Å². The largest absolute Gasteiger partial charge is 0.507 e. The molecule has 0 saturated heterocycles. The number of carbonyl (C=O) groups excluding carboxylic acids is 1. The Morgan fingerprint density at radius 1 is 1.07 bits per heavy atom. The number of benzene rings is 3. The Morgan fingerprint density at radius 2 is 1.75 bits per heavy atom. The van der Waals surface area contributed by atoms with E-state index in [1.807, 2.05) is 24.3 Å². The van der Waals surface area contributed by atoms with Gasteiger partial charge in [-0.1, -0.05) is 48.5 Å². The lowest BCUT2D eigenvalue weighted by Gasteiger charge is -2.15. The van der Waals surface area contributed by atoms with E-state index in [0.29, 0.717) is 5.56 Å². The zero-order valence-electron chi connectivity index (χ0n) is 15.1. The summed E-state index contributed by atoms with van der Waals surface area (Å²) in [4.78, 5) is 12.2. The maximum atomic E-state index is 12.4. The number of likely N-dealkylation sites (N-methyl/N-ethyl adjacent to an activating group) is 1. The summed E-state index contributed by atoms with van der Waals surface area (Å²) in [6.07, 6.45) is 1.33. The number of hydrogen-bond donors (Lipinski definition) is 2. The predicted octanol–water partition coefficient (Wildman–Crippen LogP) is 2.32. The fraction of sp³-hybridized carbons (Fsp3) is 0.100. The van der Waals surface area contributed by atoms with Crippen LogP contribution >= 0.6 is 0 Å². The molecule has 28 heavy (non-hydrogen) atoms. The SMILES string of the molecule is CN(CC(=O)N/N=C\c1c(O)ccc2ccccc12)S(=O)(=O)c1ccccc1. The molecule has 0 atom stereocenters. The van der Waals surface area contributed by atoms with Gasteiger partial charge in [0.05, 0.1) is 17.7 Å². The van der Waals surface area contributed by atoms with Crippen LogP contribution in [-0.2, 0) is 14.8 Å². The summed E-state index contributed by atoms with van der Waals surface area (Å²) in [6.45, 7) is -0.393. The Morgan fingerprint density at radius 3 is 2.50 bits per heavy atom. The first-order chi connectivity index (χ1) is 13.4. The molecule has 3 aromatic carbocycles. The van der Waals surface area contributed by atoms with Gasteiger partial charge in [0.25, 0.3) is 5.91 Å². The Balaban J connectivity index is 1.69. The molecule has 2 N–H and O–H groups in total. The van der Waals surface area contributed by atoms with Gasteiger partial charge in [0.1, 0.15) is 5.75 Å². The second-order valence-electron chi connectivity index (χ2n) is 6.09. The monoisotopic (exact) mass is 397 g/mol. The highest BCUT2D eigenvalue weighted by Gasteiger charge is 2.22. The number of amides is 1. The van der Waals surface area contributed by atoms with Crippen molar-refractivity contribution in [3.05, 3.63) is 72.3 Å². The summed E-state index contributed by atoms with van der Waals surface area (Å²) in [5.74, 6) is -0.571. The quantitative estimate of drug-likeness (QED) is 0.492. The van der Waals surface area contributed by atoms with Crippen molar-refractivity contribution >= 4 is 32.9 Å². The fourth-order valence-electron chi connectivity index (χ4n) is 2.68. The zero-order chi connectivity index (χ0) is 20.1. The minimum Gasteiger partial charge on any atom is -0.507 e. The fourth-order valence-corrected chi connectivity index (χ4v) is 3.83. The molecule has 0 aliphatic rings. The van der Waals surface area contributed by atoms with Crippen molar-refractivity contribution in [1.82, 2.24) is 9.73 Å². The molecule has 0 spiro atoms. The van der Waals surface area contributed by atoms with Crippen molar-refractivity contribution < 1.29 is 18.3 Å². The minimum atomic E-state index is -3.77. The first kappa shape index (κ1) is 19.5. The van der Waals surface area contributed by atoms with Crippen molar-refractivity contribution in [2.75, 3.05) is 13.6 Å². The third-order valence-electron chi connectivity index (χ3n) is 4.15. The van der Waals surface area contributed by atoms with Crippen LogP contribution in [0, 0.1) is 0 Å². The van der Waals surface area contributed by atoms with Crippen LogP contribution in [0.2, 0.25) is 0 Å². The lowest BCUT2D eigenvalue weighted by molar-refractivity contribution is -0.121. The van der Waals surface area contributed by atoms with Gasteiger partial charge in [-0.15, -0.1) is 0 Å². The van der Waals surface area contributed by atoms with Crippen LogP contribution in [0.5, 0.6) is 5.75 Å². The smallest absolute Gasteiger partial charge is 0.255 e. The predicted molar refractivity (Wildman–Crippen MR) is 108 cm³/mol. The standard InChI is InChI=1S/C20H19N3O4S/c1-23(28(26,27)16-8-3-2-4-9-16)14-20(25)22-21-13-18-17-10-6-5-7-15(17)11-12-19(18)24/h2-13,24H,14H2,1H3,(H,22,25)/b21-13-. The Hall–Kier alpha value is -3.23. The Kier molecular flexibility index (Phi) is 5.72. The third kappa shape index (κ3) is 4.19. The number of fused-ring (bicyclic) bond motifs is 1. The first-order valence-corrected chi connectivity index (χ1v) is 9.87. The van der Waals surface area contributed by atoms with E-state index in [1.54, 1.807) is 30.3 Å². The van der Waals surface area contributed by atoms with Gasteiger partial charge >= 0.3 is 0 Å². The lowest BCUT2D eigenvalue weighted by atomic mass is 10.0. The summed E-state index contributed by atoms with van der Waals surface area (Å²) in [6, 6.07) is 18.6. The molecule has 3 aromatic rings. The number of phenolic OH excluding ortho intramolecular Hbond substituents is 1. The second-order valence-corrected chi connectivity index (χ2v) is 8.13. The minimum absolute atomic E-state index is 0.0282. The topological polar surface area (TPSA) is 99.1 Å². The number of nitrogens with zero attached hydrogens (tertiary/aromatic N) is 2. The Labute approximate surface area is 163 Å². The summed E-state index contributed by atoms with van der Waals surface area (Å²) < 4.78 is 25.8. The van der Waals surface area contributed by atoms with Gasteiger partial charge in [0, 0.05) is 12.6 Å². The van der Waals surface area contributed by atoms with E-state index in [2.05, 4.69) is 10.5 Å². The van der Waals surface area contributed by atoms with Crippen molar-refractivity contribution in [3.63, 3.8) is 0 Å². The van der Waals surface area contributed by atoms with Gasteiger partial charge in [-0.05, 0) is 29.0 Å². The van der Waals surface area contributed by atoms with E-state index >= 15 is 0 Å². The molecule has 0 aliphatic carbocycles. The molecule has 0 unspecified atom stereocenters. The summed E-state index contributed by atoms with van der Waals surface area (Å²) in [5.41, 5.74) is 2.75. The van der Waals surface area contributed by atoms with Crippen LogP contribution < -0.4 is 5.43 Å². The second kappa shape index (κ2) is 8.20. The number of hydrazone groups is 1. The van der Waals surface area contributed by atoms with E-state index in [1.165, 1.54) is 25.4 Å². The molecule has 0 bridgehead atoms. The van der Waals surface area contributed by atoms with E-state index in [4.69, 9.17) is 0 Å². The van der Waals surface area contributed by atoms with Crippen molar-refractivity contribution in [2.45, 2.75) is 4.90 Å². The number of phenols is 1. The maximum absolute atomic E-state index is 12.4. The van der Waals surface area contributed by atoms with Crippen molar-refractivity contribution in [3.8, 4) is 5.75 Å². The number of hydrogen-bond acceptors (Lipinski definition) is 5. The van der Waals surface area contributed by atoms with E-state index in [0.717, 1.165) is 15.1 Å². The van der Waals surface area contributed by atoms with Crippen LogP contribution in [0.15, 0.2) is 76.7 Å². The molecule has 0 aromatic heterocycles. The number of nitrogens with one attached hydrogen (secondary N) is 1. The molecule has 1 amide bonds. The van der Waals surface area contributed by atoms with Crippen LogP contribution in [0.3, 0.4) is 0 Å². The average Bonchev–Trinajstić information content (AvgIpc) is 2.70. The van der Waals surface area contributed by atoms with Crippen LogP contribution in [0.25, 0.3) is 10.8 Å². The highest BCUT2D eigenvalue weighted by Crippen LogP contribution is 2.25. The molecule has 0 heterocycles. The highest BCUT2D eigenvalue weighted by atomic mass is 32.2. The Bertz CT molecular complexity index is 1130. The highest BCUT2D eigenvalue weighted by molar-refractivity contribution is 7.89. The molecule has 0 radical (unpaired) electrons. The number of aromatic hydroxyl groups is 1. The van der Waals surface area contributed by atoms with Crippen molar-refractivity contribution in [2.24, 2.45) is 5.10 Å². The van der Waals surface area contributed by atoms with Crippen molar-refractivity contribution in [1.29, 1.82) is 0 Å². The van der Waals surface area contributed by atoms with Gasteiger partial charge < -0.3 is 5.11 Å². The summed E-state index contributed by atoms with van der Waals surface area (Å²) in [7, 11) is -2.44. The van der Waals surface area contributed by atoms with E-state index in [-0.39, 0.29) is 10.6 Å². The number of rotatable bonds is 6. The van der Waals surface area contributed by atoms with E-state index in [9.17, 15) is 18.3 Å². The molecular formula is C20H19N3O4S. The number of sulfonamides is 1. The van der Waals surface area contributed by atoms with E-state index < -0.39 is 22.5 Å². The van der Waals surface area contributed by atoms with Gasteiger partial charge in [0.2, 0.25) is 10.0 Å². The first-order valence-electron chi connectivity index (χ1n) is 8.43. The zero-order valence-corrected chi connectivity index (χ0v) is 15.9. The lowest BCUT2D eigenvalue weighted by Crippen LogP contribution is -2.36. The number of carbonyl (C=O) groups is 1. The summed E-state index contributed by atoms with van der Waals surface area (Å²) in [5, 5.41) is 15.6. The molecule has 0 saturated carbocycles.